The fourth-order valence-corrected chi connectivity index (χ4v) is 3.09. The van der Waals surface area contributed by atoms with Crippen molar-refractivity contribution in [2.75, 3.05) is 12.4 Å². The van der Waals surface area contributed by atoms with Gasteiger partial charge in [-0.15, -0.1) is 0 Å². The van der Waals surface area contributed by atoms with Gasteiger partial charge in [-0.2, -0.15) is 5.10 Å². The molecule has 21 heavy (non-hydrogen) atoms. The van der Waals surface area contributed by atoms with E-state index in [0.717, 1.165) is 10.2 Å². The molecule has 0 saturated heterocycles. The molecule has 0 atom stereocenters. The first-order valence-corrected chi connectivity index (χ1v) is 7.44. The number of thiazole rings is 1. The molecule has 1 aromatic heterocycles. The number of hydrogen-bond acceptors (Lipinski definition) is 5. The van der Waals surface area contributed by atoms with Gasteiger partial charge in [-0.3, -0.25) is 14.9 Å². The maximum absolute atomic E-state index is 12.1. The van der Waals surface area contributed by atoms with Gasteiger partial charge in [0.15, 0.2) is 5.13 Å². The Labute approximate surface area is 129 Å². The van der Waals surface area contributed by atoms with E-state index in [2.05, 4.69) is 15.4 Å². The van der Waals surface area contributed by atoms with Gasteiger partial charge in [0.1, 0.15) is 5.71 Å². The fraction of sp³-hybridized carbons (Fsp3) is 0.231. The number of halogens is 1. The predicted octanol–water partition coefficient (Wildman–Crippen LogP) is 2.50. The van der Waals surface area contributed by atoms with Crippen molar-refractivity contribution in [1.82, 2.24) is 9.99 Å². The molecular formula is C13H11ClN4O2S. The van der Waals surface area contributed by atoms with Gasteiger partial charge >= 0.3 is 0 Å². The van der Waals surface area contributed by atoms with E-state index in [1.165, 1.54) is 23.4 Å². The Hall–Kier alpha value is -1.99. The summed E-state index contributed by atoms with van der Waals surface area (Å²) in [5.41, 5.74) is 1.10. The Bertz CT molecular complexity index is 771. The largest absolute Gasteiger partial charge is 0.297 e. The number of benzene rings is 1. The molecule has 2 aromatic rings. The molecule has 1 aliphatic heterocycles. The number of carbonyl (C=O) groups is 2. The van der Waals surface area contributed by atoms with E-state index in [1.54, 1.807) is 18.2 Å². The Balaban J connectivity index is 1.80. The lowest BCUT2D eigenvalue weighted by Crippen LogP contribution is -2.34. The molecule has 0 bridgehead atoms. The maximum Gasteiger partial charge on any atom is 0.273 e. The van der Waals surface area contributed by atoms with Crippen LogP contribution in [0.4, 0.5) is 5.13 Å². The summed E-state index contributed by atoms with van der Waals surface area (Å²) in [6.45, 7) is 0. The first-order chi connectivity index (χ1) is 10.0. The number of nitrogens with one attached hydrogen (secondary N) is 1. The van der Waals surface area contributed by atoms with E-state index in [4.69, 9.17) is 11.6 Å². The molecule has 0 radical (unpaired) electrons. The number of nitrogens with zero attached hydrogens (tertiary/aromatic N) is 3. The summed E-state index contributed by atoms with van der Waals surface area (Å²) >= 11 is 7.26. The molecule has 0 aliphatic carbocycles. The molecule has 108 valence electrons. The van der Waals surface area contributed by atoms with Crippen molar-refractivity contribution < 1.29 is 9.59 Å². The minimum absolute atomic E-state index is 0.0961. The predicted molar refractivity (Wildman–Crippen MR) is 82.7 cm³/mol. The van der Waals surface area contributed by atoms with Gasteiger partial charge in [0.25, 0.3) is 5.91 Å². The first kappa shape index (κ1) is 14.0. The van der Waals surface area contributed by atoms with Gasteiger partial charge in [0, 0.05) is 24.9 Å². The van der Waals surface area contributed by atoms with Crippen molar-refractivity contribution in [3.63, 3.8) is 0 Å². The third-order valence-electron chi connectivity index (χ3n) is 3.04. The highest BCUT2D eigenvalue weighted by Gasteiger charge is 2.22. The SMILES string of the molecule is CN1N=C(C(=O)Nc2nc3ccc(Cl)cc3s2)CCC1=O. The lowest BCUT2D eigenvalue weighted by Gasteiger charge is -2.18. The minimum Gasteiger partial charge on any atom is -0.297 e. The molecule has 1 N–H and O–H groups in total. The molecule has 0 fully saturated rings. The summed E-state index contributed by atoms with van der Waals surface area (Å²) < 4.78 is 0.899. The van der Waals surface area contributed by atoms with Crippen LogP contribution in [0.15, 0.2) is 23.3 Å². The number of aromatic nitrogens is 1. The Morgan fingerprint density at radius 3 is 3.00 bits per heavy atom. The van der Waals surface area contributed by atoms with E-state index >= 15 is 0 Å². The van der Waals surface area contributed by atoms with E-state index in [-0.39, 0.29) is 18.2 Å². The van der Waals surface area contributed by atoms with Crippen LogP contribution >= 0.6 is 22.9 Å². The molecule has 1 aliphatic rings. The standard InChI is InChI=1S/C13H11ClN4O2S/c1-18-11(19)5-4-9(17-18)12(20)16-13-15-8-3-2-7(14)6-10(8)21-13/h2-3,6H,4-5H2,1H3,(H,15,16,20). The number of rotatable bonds is 2. The molecule has 2 amide bonds. The van der Waals surface area contributed by atoms with Gasteiger partial charge in [0.2, 0.25) is 5.91 Å². The van der Waals surface area contributed by atoms with Crippen molar-refractivity contribution in [2.45, 2.75) is 12.8 Å². The average Bonchev–Trinajstić information content (AvgIpc) is 2.83. The second-order valence-corrected chi connectivity index (χ2v) is 6.02. The van der Waals surface area contributed by atoms with Crippen LogP contribution in [-0.2, 0) is 9.59 Å². The van der Waals surface area contributed by atoms with E-state index in [1.807, 2.05) is 0 Å². The molecule has 8 heteroatoms. The smallest absolute Gasteiger partial charge is 0.273 e. The monoisotopic (exact) mass is 322 g/mol. The maximum atomic E-state index is 12.1. The fourth-order valence-electron chi connectivity index (χ4n) is 1.95. The van der Waals surface area contributed by atoms with Crippen molar-refractivity contribution in [3.8, 4) is 0 Å². The lowest BCUT2D eigenvalue weighted by atomic mass is 10.1. The van der Waals surface area contributed by atoms with Crippen LogP contribution in [0.25, 0.3) is 10.2 Å². The number of hydrogen-bond donors (Lipinski definition) is 1. The van der Waals surface area contributed by atoms with E-state index in [9.17, 15) is 9.59 Å². The molecule has 0 unspecified atom stereocenters. The first-order valence-electron chi connectivity index (χ1n) is 6.24. The minimum atomic E-state index is -0.334. The van der Waals surface area contributed by atoms with Crippen LogP contribution in [0, 0.1) is 0 Å². The van der Waals surface area contributed by atoms with Crippen molar-refractivity contribution >= 4 is 55.8 Å². The highest BCUT2D eigenvalue weighted by molar-refractivity contribution is 7.22. The number of carbonyl (C=O) groups excluding carboxylic acids is 2. The second-order valence-electron chi connectivity index (χ2n) is 4.55. The molecule has 2 heterocycles. The summed E-state index contributed by atoms with van der Waals surface area (Å²) in [6, 6.07) is 5.35. The number of anilines is 1. The zero-order valence-corrected chi connectivity index (χ0v) is 12.7. The van der Waals surface area contributed by atoms with Crippen LogP contribution in [0.3, 0.4) is 0 Å². The van der Waals surface area contributed by atoms with Gasteiger partial charge in [-0.1, -0.05) is 22.9 Å². The summed E-state index contributed by atoms with van der Waals surface area (Å²) in [7, 11) is 1.54. The van der Waals surface area contributed by atoms with Gasteiger partial charge in [0.05, 0.1) is 10.2 Å². The number of fused-ring (bicyclic) bond motifs is 1. The Morgan fingerprint density at radius 1 is 1.43 bits per heavy atom. The summed E-state index contributed by atoms with van der Waals surface area (Å²) in [5.74, 6) is -0.430. The lowest BCUT2D eigenvalue weighted by molar-refractivity contribution is -0.130. The molecule has 1 aromatic carbocycles. The zero-order chi connectivity index (χ0) is 15.0. The van der Waals surface area contributed by atoms with Crippen LogP contribution in [0.5, 0.6) is 0 Å². The van der Waals surface area contributed by atoms with Gasteiger partial charge in [-0.25, -0.2) is 9.99 Å². The van der Waals surface area contributed by atoms with E-state index < -0.39 is 0 Å². The summed E-state index contributed by atoms with van der Waals surface area (Å²) in [4.78, 5) is 27.8. The highest BCUT2D eigenvalue weighted by atomic mass is 35.5. The zero-order valence-electron chi connectivity index (χ0n) is 11.1. The highest BCUT2D eigenvalue weighted by Crippen LogP contribution is 2.28. The second kappa shape index (κ2) is 5.42. The van der Waals surface area contributed by atoms with Crippen molar-refractivity contribution in [1.29, 1.82) is 0 Å². The Morgan fingerprint density at radius 2 is 2.24 bits per heavy atom. The Kier molecular flexibility index (Phi) is 3.60. The third kappa shape index (κ3) is 2.88. The number of amides is 2. The van der Waals surface area contributed by atoms with Crippen LogP contribution in [0.1, 0.15) is 12.8 Å². The van der Waals surface area contributed by atoms with Crippen LogP contribution in [0.2, 0.25) is 5.02 Å². The topological polar surface area (TPSA) is 74.7 Å². The van der Waals surface area contributed by atoms with Crippen molar-refractivity contribution in [2.24, 2.45) is 5.10 Å². The third-order valence-corrected chi connectivity index (χ3v) is 4.21. The quantitative estimate of drug-likeness (QED) is 0.923. The molecule has 6 nitrogen and oxygen atoms in total. The van der Waals surface area contributed by atoms with Crippen LogP contribution < -0.4 is 5.32 Å². The normalized spacial score (nSPS) is 15.2. The van der Waals surface area contributed by atoms with E-state index in [0.29, 0.717) is 22.3 Å². The number of hydrazone groups is 1. The summed E-state index contributed by atoms with van der Waals surface area (Å²) in [6.07, 6.45) is 0.629. The molecule has 0 saturated carbocycles. The average molecular weight is 323 g/mol. The molecule has 0 spiro atoms. The van der Waals surface area contributed by atoms with Crippen molar-refractivity contribution in [3.05, 3.63) is 23.2 Å². The summed E-state index contributed by atoms with van der Waals surface area (Å²) in [5, 5.41) is 8.99. The molecular weight excluding hydrogens is 312 g/mol. The van der Waals surface area contributed by atoms with Gasteiger partial charge in [-0.05, 0) is 18.2 Å². The van der Waals surface area contributed by atoms with Gasteiger partial charge < -0.3 is 0 Å². The molecule has 3 rings (SSSR count). The van der Waals surface area contributed by atoms with Crippen LogP contribution in [-0.4, -0.2) is 34.6 Å².